The van der Waals surface area contributed by atoms with Crippen molar-refractivity contribution in [1.29, 1.82) is 0 Å². The molecule has 0 fully saturated rings. The largest absolute Gasteiger partial charge is 0.319 e. The highest BCUT2D eigenvalue weighted by Crippen LogP contribution is 2.25. The van der Waals surface area contributed by atoms with E-state index in [1.54, 1.807) is 0 Å². The molecule has 0 aliphatic rings. The van der Waals surface area contributed by atoms with Crippen LogP contribution < -0.4 is 5.32 Å². The average molecular weight is 205 g/mol. The highest BCUT2D eigenvalue weighted by Gasteiger charge is 2.15. The summed E-state index contributed by atoms with van der Waals surface area (Å²) in [5.74, 6) is 1.30. The van der Waals surface area contributed by atoms with E-state index in [0.29, 0.717) is 11.8 Å². The number of likely N-dealkylation sites (N-methyl/N-ethyl adjacent to an activating group) is 1. The number of benzene rings is 1. The smallest absolute Gasteiger partial charge is 0.00196 e. The Bertz CT molecular complexity index is 295. The minimum absolute atomic E-state index is 0.619. The SMILES string of the molecule is CNCC(c1cc(C)cc(C)c1)C(C)C. The summed E-state index contributed by atoms with van der Waals surface area (Å²) in [6.07, 6.45) is 0. The molecule has 0 saturated heterocycles. The van der Waals surface area contributed by atoms with Crippen LogP contribution in [0.5, 0.6) is 0 Å². The van der Waals surface area contributed by atoms with Crippen LogP contribution in [0.1, 0.15) is 36.5 Å². The molecule has 1 N–H and O–H groups in total. The van der Waals surface area contributed by atoms with Crippen molar-refractivity contribution in [3.05, 3.63) is 34.9 Å². The second-order valence-corrected chi connectivity index (χ2v) is 4.83. The Balaban J connectivity index is 2.99. The lowest BCUT2D eigenvalue weighted by Crippen LogP contribution is -2.21. The quantitative estimate of drug-likeness (QED) is 0.795. The summed E-state index contributed by atoms with van der Waals surface area (Å²) in [6, 6.07) is 6.87. The molecule has 1 nitrogen and oxygen atoms in total. The molecule has 0 aliphatic carbocycles. The molecule has 1 aromatic rings. The monoisotopic (exact) mass is 205 g/mol. The van der Waals surface area contributed by atoms with E-state index >= 15 is 0 Å². The zero-order chi connectivity index (χ0) is 11.4. The molecular formula is C14H23N. The van der Waals surface area contributed by atoms with Crippen molar-refractivity contribution in [3.8, 4) is 0 Å². The van der Waals surface area contributed by atoms with Crippen LogP contribution in [0, 0.1) is 19.8 Å². The van der Waals surface area contributed by atoms with Gasteiger partial charge in [-0.05, 0) is 38.3 Å². The maximum atomic E-state index is 3.29. The van der Waals surface area contributed by atoms with Crippen molar-refractivity contribution in [1.82, 2.24) is 5.32 Å². The van der Waals surface area contributed by atoms with E-state index in [9.17, 15) is 0 Å². The first-order chi connectivity index (χ1) is 7.04. The first-order valence-corrected chi connectivity index (χ1v) is 5.77. The third-order valence-electron chi connectivity index (χ3n) is 2.90. The molecule has 0 radical (unpaired) electrons. The molecule has 1 heteroatoms. The highest BCUT2D eigenvalue weighted by molar-refractivity contribution is 5.31. The standard InChI is InChI=1S/C14H23N/c1-10(2)14(9-15-5)13-7-11(3)6-12(4)8-13/h6-8,10,14-15H,9H2,1-5H3. The number of hydrogen-bond donors (Lipinski definition) is 1. The van der Waals surface area contributed by atoms with Crippen molar-refractivity contribution in [2.75, 3.05) is 13.6 Å². The van der Waals surface area contributed by atoms with Crippen molar-refractivity contribution in [2.24, 2.45) is 5.92 Å². The van der Waals surface area contributed by atoms with Gasteiger partial charge in [0.15, 0.2) is 0 Å². The maximum absolute atomic E-state index is 3.29. The summed E-state index contributed by atoms with van der Waals surface area (Å²) in [5.41, 5.74) is 4.20. The van der Waals surface area contributed by atoms with Gasteiger partial charge in [-0.25, -0.2) is 0 Å². The minimum Gasteiger partial charge on any atom is -0.319 e. The molecule has 84 valence electrons. The Labute approximate surface area is 93.9 Å². The highest BCUT2D eigenvalue weighted by atomic mass is 14.8. The molecule has 1 atom stereocenters. The Morgan fingerprint density at radius 3 is 2.00 bits per heavy atom. The Kier molecular flexibility index (Phi) is 4.34. The first kappa shape index (κ1) is 12.3. The van der Waals surface area contributed by atoms with Gasteiger partial charge in [-0.3, -0.25) is 0 Å². The summed E-state index contributed by atoms with van der Waals surface area (Å²) < 4.78 is 0. The number of nitrogens with one attached hydrogen (secondary N) is 1. The van der Waals surface area contributed by atoms with Gasteiger partial charge in [-0.15, -0.1) is 0 Å². The van der Waals surface area contributed by atoms with Crippen molar-refractivity contribution in [3.63, 3.8) is 0 Å². The fourth-order valence-corrected chi connectivity index (χ4v) is 2.18. The lowest BCUT2D eigenvalue weighted by atomic mass is 9.87. The van der Waals surface area contributed by atoms with Gasteiger partial charge >= 0.3 is 0 Å². The van der Waals surface area contributed by atoms with E-state index in [2.05, 4.69) is 51.2 Å². The summed E-state index contributed by atoms with van der Waals surface area (Å²) in [7, 11) is 2.03. The molecule has 15 heavy (non-hydrogen) atoms. The Morgan fingerprint density at radius 1 is 1.07 bits per heavy atom. The van der Waals surface area contributed by atoms with Crippen LogP contribution in [0.4, 0.5) is 0 Å². The van der Waals surface area contributed by atoms with Crippen LogP contribution in [0.25, 0.3) is 0 Å². The van der Waals surface area contributed by atoms with E-state index in [1.165, 1.54) is 16.7 Å². The molecule has 0 spiro atoms. The summed E-state index contributed by atoms with van der Waals surface area (Å²) in [5, 5.41) is 3.29. The fraction of sp³-hybridized carbons (Fsp3) is 0.571. The topological polar surface area (TPSA) is 12.0 Å². The van der Waals surface area contributed by atoms with Crippen LogP contribution in [-0.2, 0) is 0 Å². The van der Waals surface area contributed by atoms with Gasteiger partial charge in [0.05, 0.1) is 0 Å². The van der Waals surface area contributed by atoms with Gasteiger partial charge < -0.3 is 5.32 Å². The number of rotatable bonds is 4. The molecule has 1 unspecified atom stereocenters. The zero-order valence-electron chi connectivity index (χ0n) is 10.6. The third kappa shape index (κ3) is 3.35. The zero-order valence-corrected chi connectivity index (χ0v) is 10.6. The molecule has 0 saturated carbocycles. The maximum Gasteiger partial charge on any atom is 0.00196 e. The van der Waals surface area contributed by atoms with E-state index in [-0.39, 0.29) is 0 Å². The molecule has 1 aromatic carbocycles. The number of aryl methyl sites for hydroxylation is 2. The second-order valence-electron chi connectivity index (χ2n) is 4.83. The molecule has 0 amide bonds. The van der Waals surface area contributed by atoms with Crippen LogP contribution in [0.3, 0.4) is 0 Å². The van der Waals surface area contributed by atoms with E-state index in [1.807, 2.05) is 7.05 Å². The fourth-order valence-electron chi connectivity index (χ4n) is 2.18. The molecule has 0 aliphatic heterocycles. The molecule has 0 aromatic heterocycles. The summed E-state index contributed by atoms with van der Waals surface area (Å²) >= 11 is 0. The lowest BCUT2D eigenvalue weighted by Gasteiger charge is -2.22. The van der Waals surface area contributed by atoms with Crippen molar-refractivity contribution < 1.29 is 0 Å². The van der Waals surface area contributed by atoms with Gasteiger partial charge in [0.1, 0.15) is 0 Å². The van der Waals surface area contributed by atoms with Gasteiger partial charge in [-0.2, -0.15) is 0 Å². The van der Waals surface area contributed by atoms with Gasteiger partial charge in [-0.1, -0.05) is 43.2 Å². The third-order valence-corrected chi connectivity index (χ3v) is 2.90. The predicted molar refractivity (Wildman–Crippen MR) is 67.4 cm³/mol. The minimum atomic E-state index is 0.619. The van der Waals surface area contributed by atoms with Gasteiger partial charge in [0.2, 0.25) is 0 Å². The lowest BCUT2D eigenvalue weighted by molar-refractivity contribution is 0.478. The molecule has 0 bridgehead atoms. The van der Waals surface area contributed by atoms with Gasteiger partial charge in [0, 0.05) is 6.54 Å². The van der Waals surface area contributed by atoms with Crippen molar-refractivity contribution in [2.45, 2.75) is 33.6 Å². The van der Waals surface area contributed by atoms with Gasteiger partial charge in [0.25, 0.3) is 0 Å². The molecular weight excluding hydrogens is 182 g/mol. The summed E-state index contributed by atoms with van der Waals surface area (Å²) in [6.45, 7) is 9.99. The van der Waals surface area contributed by atoms with E-state index in [4.69, 9.17) is 0 Å². The normalized spacial score (nSPS) is 13.2. The van der Waals surface area contributed by atoms with E-state index in [0.717, 1.165) is 6.54 Å². The van der Waals surface area contributed by atoms with Crippen LogP contribution in [-0.4, -0.2) is 13.6 Å². The summed E-state index contributed by atoms with van der Waals surface area (Å²) in [4.78, 5) is 0. The van der Waals surface area contributed by atoms with Crippen LogP contribution in [0.2, 0.25) is 0 Å². The Hall–Kier alpha value is -0.820. The Morgan fingerprint density at radius 2 is 1.60 bits per heavy atom. The van der Waals surface area contributed by atoms with Crippen LogP contribution >= 0.6 is 0 Å². The predicted octanol–water partition coefficient (Wildman–Crippen LogP) is 3.26. The molecule has 1 rings (SSSR count). The second kappa shape index (κ2) is 5.32. The van der Waals surface area contributed by atoms with Crippen LogP contribution in [0.15, 0.2) is 18.2 Å². The number of hydrogen-bond acceptors (Lipinski definition) is 1. The van der Waals surface area contributed by atoms with E-state index < -0.39 is 0 Å². The average Bonchev–Trinajstić information content (AvgIpc) is 2.11. The molecule has 0 heterocycles. The van der Waals surface area contributed by atoms with Crippen molar-refractivity contribution >= 4 is 0 Å². The first-order valence-electron chi connectivity index (χ1n) is 5.77.